The molecule has 1 unspecified atom stereocenters. The van der Waals surface area contributed by atoms with E-state index in [2.05, 4.69) is 15.9 Å². The predicted octanol–water partition coefficient (Wildman–Crippen LogP) is 0.508. The Balaban J connectivity index is 1.21. The van der Waals surface area contributed by atoms with E-state index >= 15 is 0 Å². The zero-order valence-corrected chi connectivity index (χ0v) is 16.7. The van der Waals surface area contributed by atoms with E-state index in [1.54, 1.807) is 9.80 Å². The van der Waals surface area contributed by atoms with Gasteiger partial charge in [-0.05, 0) is 25.0 Å². The van der Waals surface area contributed by atoms with Crippen LogP contribution in [0.1, 0.15) is 18.4 Å². The fraction of sp³-hybridized carbons (Fsp3) is 0.619. The van der Waals surface area contributed by atoms with E-state index in [4.69, 9.17) is 9.47 Å². The van der Waals surface area contributed by atoms with Crippen LogP contribution >= 0.6 is 0 Å². The lowest BCUT2D eigenvalue weighted by molar-refractivity contribution is -0.155. The first-order valence-corrected chi connectivity index (χ1v) is 10.6. The van der Waals surface area contributed by atoms with E-state index in [1.807, 2.05) is 12.1 Å². The molecule has 5 rings (SSSR count). The molecular weight excluding hydrogens is 372 g/mol. The van der Waals surface area contributed by atoms with Crippen LogP contribution < -0.4 is 9.64 Å². The number of piperazine rings is 2. The summed E-state index contributed by atoms with van der Waals surface area (Å²) in [5.74, 6) is 1.13. The van der Waals surface area contributed by atoms with Crippen LogP contribution in [-0.2, 0) is 20.9 Å². The van der Waals surface area contributed by atoms with Crippen molar-refractivity contribution in [3.8, 4) is 5.75 Å². The van der Waals surface area contributed by atoms with Crippen molar-refractivity contribution in [2.75, 3.05) is 64.1 Å². The van der Waals surface area contributed by atoms with Gasteiger partial charge in [0.25, 0.3) is 0 Å². The summed E-state index contributed by atoms with van der Waals surface area (Å²) < 4.78 is 11.5. The molecule has 4 aliphatic heterocycles. The molecule has 1 aromatic carbocycles. The second-order valence-electron chi connectivity index (χ2n) is 8.18. The fourth-order valence-corrected chi connectivity index (χ4v) is 4.87. The molecule has 0 aromatic heterocycles. The number of carbonyl (C=O) groups is 2. The van der Waals surface area contributed by atoms with Crippen molar-refractivity contribution in [3.05, 3.63) is 23.8 Å². The maximum atomic E-state index is 12.8. The number of amides is 2. The summed E-state index contributed by atoms with van der Waals surface area (Å²) in [7, 11) is 0. The van der Waals surface area contributed by atoms with Crippen LogP contribution in [0, 0.1) is 0 Å². The average Bonchev–Trinajstić information content (AvgIpc) is 3.12. The third kappa shape index (κ3) is 3.55. The topological polar surface area (TPSA) is 65.6 Å². The largest absolute Gasteiger partial charge is 0.491 e. The van der Waals surface area contributed by atoms with Crippen LogP contribution in [0.2, 0.25) is 0 Å². The minimum atomic E-state index is -0.225. The molecule has 0 radical (unpaired) electrons. The predicted molar refractivity (Wildman–Crippen MR) is 107 cm³/mol. The van der Waals surface area contributed by atoms with E-state index in [1.165, 1.54) is 5.69 Å². The molecule has 4 aliphatic rings. The standard InChI is InChI=1S/C21H28N4O4/c26-20-13-24(21(27)18-4-2-6-25(18)20)15-22-7-9-23(10-8-22)17-3-1-5-19-16(17)14-28-11-12-29-19/h1,3,5,18H,2,4,6-15H2. The van der Waals surface area contributed by atoms with E-state index in [-0.39, 0.29) is 24.4 Å². The molecular formula is C21H28N4O4. The first kappa shape index (κ1) is 18.7. The Morgan fingerprint density at radius 1 is 1.03 bits per heavy atom. The third-order valence-corrected chi connectivity index (χ3v) is 6.42. The van der Waals surface area contributed by atoms with Gasteiger partial charge in [-0.15, -0.1) is 0 Å². The molecule has 0 aliphatic carbocycles. The van der Waals surface area contributed by atoms with Gasteiger partial charge in [0.05, 0.1) is 19.9 Å². The first-order valence-electron chi connectivity index (χ1n) is 10.6. The molecule has 0 N–H and O–H groups in total. The van der Waals surface area contributed by atoms with Gasteiger partial charge in [0.15, 0.2) is 0 Å². The van der Waals surface area contributed by atoms with Crippen LogP contribution in [0.3, 0.4) is 0 Å². The van der Waals surface area contributed by atoms with Crippen molar-refractivity contribution >= 4 is 17.5 Å². The average molecular weight is 400 g/mol. The molecule has 0 spiro atoms. The molecule has 0 bridgehead atoms. The van der Waals surface area contributed by atoms with Crippen molar-refractivity contribution < 1.29 is 19.1 Å². The SMILES string of the molecule is O=C1C2CCCN2C(=O)CN1CN1CCN(c2cccc3c2COCCO3)CC1. The lowest BCUT2D eigenvalue weighted by atomic mass is 10.1. The van der Waals surface area contributed by atoms with Crippen molar-refractivity contribution in [2.45, 2.75) is 25.5 Å². The highest BCUT2D eigenvalue weighted by Crippen LogP contribution is 2.32. The van der Waals surface area contributed by atoms with Gasteiger partial charge < -0.3 is 24.2 Å². The van der Waals surface area contributed by atoms with Gasteiger partial charge in [-0.2, -0.15) is 0 Å². The smallest absolute Gasteiger partial charge is 0.246 e. The second-order valence-corrected chi connectivity index (χ2v) is 8.18. The lowest BCUT2D eigenvalue weighted by Crippen LogP contribution is -2.60. The first-order chi connectivity index (χ1) is 14.2. The summed E-state index contributed by atoms with van der Waals surface area (Å²) in [6, 6.07) is 5.96. The molecule has 1 atom stereocenters. The maximum absolute atomic E-state index is 12.8. The number of anilines is 1. The minimum absolute atomic E-state index is 0.0951. The van der Waals surface area contributed by atoms with E-state index in [0.29, 0.717) is 26.5 Å². The molecule has 156 valence electrons. The number of fused-ring (bicyclic) bond motifs is 2. The monoisotopic (exact) mass is 400 g/mol. The maximum Gasteiger partial charge on any atom is 0.246 e. The molecule has 29 heavy (non-hydrogen) atoms. The normalized spacial score (nSPS) is 25.5. The summed E-state index contributed by atoms with van der Waals surface area (Å²) in [4.78, 5) is 33.3. The molecule has 0 saturated carbocycles. The number of carbonyl (C=O) groups excluding carboxylic acids is 2. The highest BCUT2D eigenvalue weighted by atomic mass is 16.5. The second kappa shape index (κ2) is 7.84. The Kier molecular flexibility index (Phi) is 5.05. The van der Waals surface area contributed by atoms with E-state index in [0.717, 1.165) is 56.9 Å². The van der Waals surface area contributed by atoms with Gasteiger partial charge in [0, 0.05) is 44.0 Å². The number of ether oxygens (including phenoxy) is 2. The molecule has 3 fully saturated rings. The highest BCUT2D eigenvalue weighted by molar-refractivity contribution is 5.95. The zero-order chi connectivity index (χ0) is 19.8. The molecule has 1 aromatic rings. The zero-order valence-electron chi connectivity index (χ0n) is 16.7. The summed E-state index contributed by atoms with van der Waals surface area (Å²) in [5, 5.41) is 0. The number of nitrogens with zero attached hydrogens (tertiary/aromatic N) is 4. The van der Waals surface area contributed by atoms with Gasteiger partial charge in [0.2, 0.25) is 11.8 Å². The summed E-state index contributed by atoms with van der Waals surface area (Å²) in [6.07, 6.45) is 1.74. The number of benzene rings is 1. The number of hydrogen-bond acceptors (Lipinski definition) is 6. The lowest BCUT2D eigenvalue weighted by Gasteiger charge is -2.42. The van der Waals surface area contributed by atoms with Crippen molar-refractivity contribution in [2.24, 2.45) is 0 Å². The van der Waals surface area contributed by atoms with Gasteiger partial charge in [0.1, 0.15) is 24.9 Å². The van der Waals surface area contributed by atoms with Gasteiger partial charge in [-0.25, -0.2) is 0 Å². The summed E-state index contributed by atoms with van der Waals surface area (Å²) in [5.41, 5.74) is 2.30. The van der Waals surface area contributed by atoms with Crippen molar-refractivity contribution in [1.82, 2.24) is 14.7 Å². The highest BCUT2D eigenvalue weighted by Gasteiger charge is 2.42. The molecule has 8 nitrogen and oxygen atoms in total. The molecule has 4 heterocycles. The van der Waals surface area contributed by atoms with Crippen LogP contribution in [0.15, 0.2) is 18.2 Å². The van der Waals surface area contributed by atoms with Gasteiger partial charge in [-0.3, -0.25) is 14.5 Å². The van der Waals surface area contributed by atoms with Crippen LogP contribution in [0.4, 0.5) is 5.69 Å². The van der Waals surface area contributed by atoms with Crippen LogP contribution in [0.5, 0.6) is 5.75 Å². The third-order valence-electron chi connectivity index (χ3n) is 6.42. The summed E-state index contributed by atoms with van der Waals surface area (Å²) in [6.45, 7) is 6.75. The molecule has 8 heteroatoms. The Morgan fingerprint density at radius 3 is 2.76 bits per heavy atom. The van der Waals surface area contributed by atoms with Crippen molar-refractivity contribution in [3.63, 3.8) is 0 Å². The van der Waals surface area contributed by atoms with Crippen LogP contribution in [0.25, 0.3) is 0 Å². The summed E-state index contributed by atoms with van der Waals surface area (Å²) >= 11 is 0. The quantitative estimate of drug-likeness (QED) is 0.737. The molecule has 3 saturated heterocycles. The Morgan fingerprint density at radius 2 is 1.90 bits per heavy atom. The van der Waals surface area contributed by atoms with Gasteiger partial charge >= 0.3 is 0 Å². The molecule has 2 amide bonds. The van der Waals surface area contributed by atoms with Crippen molar-refractivity contribution in [1.29, 1.82) is 0 Å². The Labute approximate surface area is 170 Å². The Bertz CT molecular complexity index is 793. The van der Waals surface area contributed by atoms with E-state index in [9.17, 15) is 9.59 Å². The number of rotatable bonds is 3. The Hall–Kier alpha value is -2.32. The van der Waals surface area contributed by atoms with Crippen LogP contribution in [-0.4, -0.2) is 91.7 Å². The number of hydrogen-bond donors (Lipinski definition) is 0. The fourth-order valence-electron chi connectivity index (χ4n) is 4.87. The van der Waals surface area contributed by atoms with Gasteiger partial charge in [-0.1, -0.05) is 6.07 Å². The minimum Gasteiger partial charge on any atom is -0.491 e. The van der Waals surface area contributed by atoms with E-state index < -0.39 is 0 Å².